The Hall–Kier alpha value is -2.69. The molecule has 0 aliphatic carbocycles. The van der Waals surface area contributed by atoms with Crippen molar-refractivity contribution in [3.05, 3.63) is 64.2 Å². The van der Waals surface area contributed by atoms with Crippen molar-refractivity contribution in [1.29, 1.82) is 0 Å². The van der Waals surface area contributed by atoms with E-state index in [0.717, 1.165) is 23.1 Å². The fourth-order valence-corrected chi connectivity index (χ4v) is 3.72. The van der Waals surface area contributed by atoms with Crippen LogP contribution in [-0.4, -0.2) is 31.3 Å². The Morgan fingerprint density at radius 1 is 1.10 bits per heavy atom. The number of hydrogen-bond donors (Lipinski definition) is 1. The van der Waals surface area contributed by atoms with E-state index in [-0.39, 0.29) is 36.3 Å². The van der Waals surface area contributed by atoms with E-state index in [1.54, 1.807) is 0 Å². The fourth-order valence-electron chi connectivity index (χ4n) is 3.13. The number of aryl methyl sites for hydroxylation is 1. The third-order valence-corrected chi connectivity index (χ3v) is 5.74. The Labute approximate surface area is 163 Å². The number of benzene rings is 2. The number of rotatable bonds is 4. The molecule has 0 saturated carbocycles. The molecule has 2 aromatic carbocycles. The van der Waals surface area contributed by atoms with Crippen molar-refractivity contribution >= 4 is 21.6 Å². The van der Waals surface area contributed by atoms with Crippen LogP contribution < -0.4 is 4.72 Å². The predicted molar refractivity (Wildman–Crippen MR) is 94.6 cm³/mol. The third kappa shape index (κ3) is 3.91. The fraction of sp³-hybridized carbons (Fsp3) is 0.278. The van der Waals surface area contributed by atoms with Gasteiger partial charge in [0.25, 0.3) is 5.91 Å². The summed E-state index contributed by atoms with van der Waals surface area (Å²) in [5, 5.41) is 0. The average molecular weight is 434 g/mol. The number of fused-ring (bicyclic) bond motifs is 1. The Morgan fingerprint density at radius 3 is 2.41 bits per heavy atom. The summed E-state index contributed by atoms with van der Waals surface area (Å²) >= 11 is 0. The molecule has 2 aromatic rings. The van der Waals surface area contributed by atoms with E-state index in [1.165, 1.54) is 23.8 Å². The molecule has 1 aliphatic rings. The normalized spacial score (nSPS) is 14.7. The van der Waals surface area contributed by atoms with Gasteiger partial charge in [0.1, 0.15) is 11.6 Å². The van der Waals surface area contributed by atoms with Crippen LogP contribution in [0.3, 0.4) is 0 Å². The van der Waals surface area contributed by atoms with E-state index in [0.29, 0.717) is 5.56 Å². The predicted octanol–water partition coefficient (Wildman–Crippen LogP) is 3.73. The first kappa shape index (κ1) is 21.0. The summed E-state index contributed by atoms with van der Waals surface area (Å²) in [6, 6.07) is 5.77. The molecule has 29 heavy (non-hydrogen) atoms. The lowest BCUT2D eigenvalue weighted by molar-refractivity contribution is -0.0429. The highest BCUT2D eigenvalue weighted by molar-refractivity contribution is 7.93. The lowest BCUT2D eigenvalue weighted by Crippen LogP contribution is -2.39. The lowest BCUT2D eigenvalue weighted by Gasteiger charge is -2.30. The SMILES string of the molecule is Cc1cccc(NS(=O)(=O)C(F)(F)F)c1CN1CCc2c(F)ccc(F)c2C1=O. The molecule has 1 heterocycles. The number of carbonyl (C=O) groups is 1. The van der Waals surface area contributed by atoms with Crippen LogP contribution in [-0.2, 0) is 23.0 Å². The number of nitrogens with one attached hydrogen (secondary N) is 1. The van der Waals surface area contributed by atoms with E-state index >= 15 is 0 Å². The molecule has 0 fully saturated rings. The summed E-state index contributed by atoms with van der Waals surface area (Å²) in [4.78, 5) is 13.8. The van der Waals surface area contributed by atoms with Gasteiger partial charge in [-0.15, -0.1) is 0 Å². The molecule has 0 bridgehead atoms. The van der Waals surface area contributed by atoms with Gasteiger partial charge in [0, 0.05) is 18.7 Å². The Balaban J connectivity index is 1.96. The van der Waals surface area contributed by atoms with E-state index < -0.39 is 38.6 Å². The minimum absolute atomic E-state index is 0.00793. The van der Waals surface area contributed by atoms with Crippen molar-refractivity contribution in [2.45, 2.75) is 25.4 Å². The summed E-state index contributed by atoms with van der Waals surface area (Å²) in [5.41, 5.74) is -5.81. The van der Waals surface area contributed by atoms with Gasteiger partial charge in [-0.25, -0.2) is 8.78 Å². The summed E-state index contributed by atoms with van der Waals surface area (Å²) < 4.78 is 90.6. The maximum atomic E-state index is 14.1. The average Bonchev–Trinajstić information content (AvgIpc) is 2.61. The number of carbonyl (C=O) groups excluding carboxylic acids is 1. The van der Waals surface area contributed by atoms with E-state index in [2.05, 4.69) is 0 Å². The number of halogens is 5. The first-order chi connectivity index (χ1) is 13.4. The largest absolute Gasteiger partial charge is 0.516 e. The molecule has 11 heteroatoms. The summed E-state index contributed by atoms with van der Waals surface area (Å²) in [5.74, 6) is -2.45. The lowest BCUT2D eigenvalue weighted by atomic mass is 9.96. The minimum Gasteiger partial charge on any atom is -0.334 e. The molecule has 1 aliphatic heterocycles. The zero-order chi connectivity index (χ0) is 21.6. The quantitative estimate of drug-likeness (QED) is 0.746. The van der Waals surface area contributed by atoms with E-state index in [1.807, 2.05) is 0 Å². The molecule has 0 radical (unpaired) electrons. The van der Waals surface area contributed by atoms with Crippen molar-refractivity contribution in [2.24, 2.45) is 0 Å². The number of amides is 1. The maximum Gasteiger partial charge on any atom is 0.516 e. The van der Waals surface area contributed by atoms with E-state index in [9.17, 15) is 35.2 Å². The highest BCUT2D eigenvalue weighted by Gasteiger charge is 2.46. The first-order valence-corrected chi connectivity index (χ1v) is 9.84. The van der Waals surface area contributed by atoms with Gasteiger partial charge < -0.3 is 4.90 Å². The minimum atomic E-state index is -5.67. The maximum absolute atomic E-state index is 14.1. The first-order valence-electron chi connectivity index (χ1n) is 8.36. The Bertz CT molecular complexity index is 1080. The second kappa shape index (κ2) is 7.29. The molecule has 0 atom stereocenters. The monoisotopic (exact) mass is 434 g/mol. The zero-order valence-corrected chi connectivity index (χ0v) is 15.8. The van der Waals surface area contributed by atoms with Crippen LogP contribution in [0.2, 0.25) is 0 Å². The van der Waals surface area contributed by atoms with E-state index in [4.69, 9.17) is 0 Å². The molecular weight excluding hydrogens is 419 g/mol. The van der Waals surface area contributed by atoms with Crippen molar-refractivity contribution in [1.82, 2.24) is 4.90 Å². The highest BCUT2D eigenvalue weighted by Crippen LogP contribution is 2.31. The molecule has 0 aromatic heterocycles. The van der Waals surface area contributed by atoms with Crippen LogP contribution in [0.4, 0.5) is 27.6 Å². The second-order valence-electron chi connectivity index (χ2n) is 6.51. The van der Waals surface area contributed by atoms with Crippen molar-refractivity contribution in [3.63, 3.8) is 0 Å². The summed E-state index contributed by atoms with van der Waals surface area (Å²) in [6.07, 6.45) is 0.0140. The number of sulfonamides is 1. The van der Waals surface area contributed by atoms with Crippen LogP contribution in [0, 0.1) is 18.6 Å². The van der Waals surface area contributed by atoms with Crippen LogP contribution in [0.1, 0.15) is 27.0 Å². The zero-order valence-electron chi connectivity index (χ0n) is 15.0. The summed E-state index contributed by atoms with van der Waals surface area (Å²) in [7, 11) is -5.67. The van der Waals surface area contributed by atoms with Crippen LogP contribution >= 0.6 is 0 Å². The topological polar surface area (TPSA) is 66.5 Å². The van der Waals surface area contributed by atoms with Gasteiger partial charge in [0.2, 0.25) is 0 Å². The number of hydrogen-bond acceptors (Lipinski definition) is 3. The van der Waals surface area contributed by atoms with Gasteiger partial charge in [0.15, 0.2) is 0 Å². The second-order valence-corrected chi connectivity index (χ2v) is 8.19. The van der Waals surface area contributed by atoms with Gasteiger partial charge in [-0.3, -0.25) is 9.52 Å². The molecule has 0 saturated heterocycles. The number of nitrogens with zero attached hydrogens (tertiary/aromatic N) is 1. The summed E-state index contributed by atoms with van der Waals surface area (Å²) in [6.45, 7) is 1.24. The molecular formula is C18H15F5N2O3S. The van der Waals surface area contributed by atoms with Crippen LogP contribution in [0.25, 0.3) is 0 Å². The molecule has 0 unspecified atom stereocenters. The standard InChI is InChI=1S/C18H15F5N2O3S/c1-10-3-2-4-15(24-29(27,28)18(21,22)23)12(10)9-25-8-7-11-13(19)5-6-14(20)16(11)17(25)26/h2-6,24H,7-9H2,1H3. The number of anilines is 1. The highest BCUT2D eigenvalue weighted by atomic mass is 32.2. The van der Waals surface area contributed by atoms with Crippen molar-refractivity contribution in [2.75, 3.05) is 11.3 Å². The molecule has 1 N–H and O–H groups in total. The molecule has 156 valence electrons. The van der Waals surface area contributed by atoms with Crippen LogP contribution in [0.15, 0.2) is 30.3 Å². The van der Waals surface area contributed by atoms with Crippen LogP contribution in [0.5, 0.6) is 0 Å². The number of alkyl halides is 3. The molecule has 1 amide bonds. The van der Waals surface area contributed by atoms with Crippen molar-refractivity contribution < 1.29 is 35.2 Å². The molecule has 3 rings (SSSR count). The van der Waals surface area contributed by atoms with Gasteiger partial charge in [-0.2, -0.15) is 21.6 Å². The van der Waals surface area contributed by atoms with Gasteiger partial charge >= 0.3 is 15.5 Å². The van der Waals surface area contributed by atoms with Gasteiger partial charge in [-0.1, -0.05) is 12.1 Å². The third-order valence-electron chi connectivity index (χ3n) is 4.65. The van der Waals surface area contributed by atoms with Gasteiger partial charge in [-0.05, 0) is 42.7 Å². The van der Waals surface area contributed by atoms with Crippen molar-refractivity contribution in [3.8, 4) is 0 Å². The smallest absolute Gasteiger partial charge is 0.334 e. The Morgan fingerprint density at radius 2 is 1.76 bits per heavy atom. The molecule has 0 spiro atoms. The Kier molecular flexibility index (Phi) is 5.28. The molecule has 5 nitrogen and oxygen atoms in total. The van der Waals surface area contributed by atoms with Gasteiger partial charge in [0.05, 0.1) is 11.3 Å².